The number of benzene rings is 1. The summed E-state index contributed by atoms with van der Waals surface area (Å²) in [4.78, 5) is 9.21. The van der Waals surface area contributed by atoms with E-state index >= 15 is 0 Å². The second-order valence-electron chi connectivity index (χ2n) is 5.98. The van der Waals surface area contributed by atoms with E-state index in [0.29, 0.717) is 28.0 Å². The van der Waals surface area contributed by atoms with Crippen LogP contribution in [0.25, 0.3) is 0 Å². The van der Waals surface area contributed by atoms with Gasteiger partial charge in [-0.3, -0.25) is 0 Å². The molecule has 0 unspecified atom stereocenters. The summed E-state index contributed by atoms with van der Waals surface area (Å²) in [6, 6.07) is 7.70. The van der Waals surface area contributed by atoms with Crippen LogP contribution < -0.4 is 10.6 Å². The third-order valence-corrected chi connectivity index (χ3v) is 4.47. The van der Waals surface area contributed by atoms with Crippen molar-refractivity contribution in [2.75, 3.05) is 10.6 Å². The third kappa shape index (κ3) is 4.27. The molecule has 23 heavy (non-hydrogen) atoms. The summed E-state index contributed by atoms with van der Waals surface area (Å²) in [6.45, 7) is 4.26. The normalized spacial score (nSPS) is 15.3. The van der Waals surface area contributed by atoms with Crippen molar-refractivity contribution in [1.82, 2.24) is 9.97 Å². The summed E-state index contributed by atoms with van der Waals surface area (Å²) in [5, 5.41) is 7.80. The Morgan fingerprint density at radius 2 is 2.00 bits per heavy atom. The molecule has 6 heteroatoms. The second-order valence-corrected chi connectivity index (χ2v) is 6.82. The van der Waals surface area contributed by atoms with E-state index in [2.05, 4.69) is 34.4 Å². The van der Waals surface area contributed by atoms with Gasteiger partial charge >= 0.3 is 0 Å². The van der Waals surface area contributed by atoms with E-state index in [0.717, 1.165) is 23.6 Å². The highest BCUT2D eigenvalue weighted by atomic mass is 35.5. The number of anilines is 3. The molecule has 0 radical (unpaired) electrons. The Labute approximate surface area is 146 Å². The lowest BCUT2D eigenvalue weighted by Crippen LogP contribution is -2.16. The van der Waals surface area contributed by atoms with Gasteiger partial charge in [-0.25, -0.2) is 4.98 Å². The molecule has 0 aliphatic heterocycles. The van der Waals surface area contributed by atoms with Gasteiger partial charge in [0.05, 0.1) is 16.4 Å². The van der Waals surface area contributed by atoms with Crippen molar-refractivity contribution in [3.63, 3.8) is 0 Å². The molecule has 0 bridgehead atoms. The predicted octanol–water partition coefficient (Wildman–Crippen LogP) is 5.61. The van der Waals surface area contributed by atoms with Crippen molar-refractivity contribution in [1.29, 1.82) is 0 Å². The van der Waals surface area contributed by atoms with Crippen LogP contribution in [0.5, 0.6) is 0 Å². The van der Waals surface area contributed by atoms with E-state index in [1.54, 1.807) is 12.1 Å². The average molecular weight is 351 g/mol. The first kappa shape index (κ1) is 16.3. The highest BCUT2D eigenvalue weighted by Crippen LogP contribution is 2.40. The van der Waals surface area contributed by atoms with E-state index in [-0.39, 0.29) is 0 Å². The zero-order chi connectivity index (χ0) is 16.4. The van der Waals surface area contributed by atoms with Crippen molar-refractivity contribution in [3.8, 4) is 0 Å². The van der Waals surface area contributed by atoms with Gasteiger partial charge in [-0.2, -0.15) is 4.98 Å². The summed E-state index contributed by atoms with van der Waals surface area (Å²) in [7, 11) is 0. The van der Waals surface area contributed by atoms with Gasteiger partial charge in [0, 0.05) is 23.0 Å². The lowest BCUT2D eigenvalue weighted by Gasteiger charge is -2.15. The van der Waals surface area contributed by atoms with E-state index in [9.17, 15) is 0 Å². The SMILES string of the molecule is CC[C@H](C)Nc1nc(Nc2ccc(Cl)cc2Cl)cc(C2CC2)n1. The molecule has 122 valence electrons. The summed E-state index contributed by atoms with van der Waals surface area (Å²) < 4.78 is 0. The number of rotatable bonds is 6. The summed E-state index contributed by atoms with van der Waals surface area (Å²) in [6.07, 6.45) is 3.41. The molecular weight excluding hydrogens is 331 g/mol. The molecule has 3 rings (SSSR count). The van der Waals surface area contributed by atoms with Crippen LogP contribution in [-0.2, 0) is 0 Å². The van der Waals surface area contributed by atoms with E-state index in [1.165, 1.54) is 12.8 Å². The summed E-state index contributed by atoms with van der Waals surface area (Å²) >= 11 is 12.2. The molecule has 0 amide bonds. The molecule has 1 fully saturated rings. The molecular formula is C17H20Cl2N4. The molecule has 1 saturated carbocycles. The fourth-order valence-corrected chi connectivity index (χ4v) is 2.69. The van der Waals surface area contributed by atoms with Gasteiger partial charge in [-0.1, -0.05) is 30.1 Å². The minimum atomic E-state index is 0.330. The van der Waals surface area contributed by atoms with Crippen molar-refractivity contribution >= 4 is 40.7 Å². The molecule has 1 aromatic heterocycles. The first-order valence-corrected chi connectivity index (χ1v) is 8.68. The standard InChI is InChI=1S/C17H20Cl2N4/c1-3-10(2)20-17-22-15(11-4-5-11)9-16(23-17)21-14-7-6-12(18)8-13(14)19/h6-11H,3-5H2,1-2H3,(H2,20,21,22,23)/t10-/m0/s1. The van der Waals surface area contributed by atoms with E-state index < -0.39 is 0 Å². The number of aromatic nitrogens is 2. The molecule has 1 aliphatic rings. The van der Waals surface area contributed by atoms with E-state index in [1.807, 2.05) is 12.1 Å². The Hall–Kier alpha value is -1.52. The van der Waals surface area contributed by atoms with Crippen LogP contribution in [0, 0.1) is 0 Å². The zero-order valence-corrected chi connectivity index (χ0v) is 14.7. The largest absolute Gasteiger partial charge is 0.352 e. The van der Waals surface area contributed by atoms with Crippen LogP contribution in [0.1, 0.15) is 44.7 Å². The average Bonchev–Trinajstić information content (AvgIpc) is 3.34. The Bertz CT molecular complexity index is 701. The van der Waals surface area contributed by atoms with Crippen molar-refractivity contribution in [3.05, 3.63) is 40.0 Å². The smallest absolute Gasteiger partial charge is 0.225 e. The van der Waals surface area contributed by atoms with Gasteiger partial charge in [0.2, 0.25) is 5.95 Å². The number of nitrogens with one attached hydrogen (secondary N) is 2. The quantitative estimate of drug-likeness (QED) is 0.710. The maximum absolute atomic E-state index is 6.23. The van der Waals surface area contributed by atoms with Crippen LogP contribution in [-0.4, -0.2) is 16.0 Å². The predicted molar refractivity (Wildman–Crippen MR) is 97.1 cm³/mol. The Balaban J connectivity index is 1.87. The molecule has 4 nitrogen and oxygen atoms in total. The van der Waals surface area contributed by atoms with Crippen LogP contribution in [0.15, 0.2) is 24.3 Å². The number of nitrogens with zero attached hydrogens (tertiary/aromatic N) is 2. The van der Waals surface area contributed by atoms with Gasteiger partial charge in [0.25, 0.3) is 0 Å². The molecule has 2 aromatic rings. The highest BCUT2D eigenvalue weighted by molar-refractivity contribution is 6.36. The molecule has 1 aliphatic carbocycles. The fraction of sp³-hybridized carbons (Fsp3) is 0.412. The van der Waals surface area contributed by atoms with Gasteiger partial charge in [-0.15, -0.1) is 0 Å². The second kappa shape index (κ2) is 6.93. The molecule has 0 spiro atoms. The van der Waals surface area contributed by atoms with Crippen molar-refractivity contribution < 1.29 is 0 Å². The lowest BCUT2D eigenvalue weighted by atomic mass is 10.2. The first-order valence-electron chi connectivity index (χ1n) is 7.92. The van der Waals surface area contributed by atoms with Gasteiger partial charge in [0.1, 0.15) is 5.82 Å². The lowest BCUT2D eigenvalue weighted by molar-refractivity contribution is 0.750. The maximum Gasteiger partial charge on any atom is 0.225 e. The van der Waals surface area contributed by atoms with E-state index in [4.69, 9.17) is 23.2 Å². The van der Waals surface area contributed by atoms with Gasteiger partial charge in [0.15, 0.2) is 0 Å². The van der Waals surface area contributed by atoms with Gasteiger partial charge in [-0.05, 0) is 44.4 Å². The maximum atomic E-state index is 6.23. The first-order chi connectivity index (χ1) is 11.0. The molecule has 1 atom stereocenters. The fourth-order valence-electron chi connectivity index (χ4n) is 2.23. The molecule has 2 N–H and O–H groups in total. The topological polar surface area (TPSA) is 49.8 Å². The number of hydrogen-bond donors (Lipinski definition) is 2. The van der Waals surface area contributed by atoms with Crippen LogP contribution in [0.2, 0.25) is 10.0 Å². The minimum Gasteiger partial charge on any atom is -0.352 e. The third-order valence-electron chi connectivity index (χ3n) is 3.92. The van der Waals surface area contributed by atoms with Gasteiger partial charge < -0.3 is 10.6 Å². The molecule has 1 heterocycles. The van der Waals surface area contributed by atoms with Crippen LogP contribution in [0.4, 0.5) is 17.5 Å². The molecule has 0 saturated heterocycles. The van der Waals surface area contributed by atoms with Crippen molar-refractivity contribution in [2.24, 2.45) is 0 Å². The zero-order valence-electron chi connectivity index (χ0n) is 13.2. The Morgan fingerprint density at radius 3 is 2.65 bits per heavy atom. The molecule has 1 aromatic carbocycles. The van der Waals surface area contributed by atoms with Crippen molar-refractivity contribution in [2.45, 2.75) is 45.1 Å². The Morgan fingerprint density at radius 1 is 1.22 bits per heavy atom. The monoisotopic (exact) mass is 350 g/mol. The summed E-state index contributed by atoms with van der Waals surface area (Å²) in [5.74, 6) is 1.96. The number of halogens is 2. The highest BCUT2D eigenvalue weighted by Gasteiger charge is 2.26. The minimum absolute atomic E-state index is 0.330. The van der Waals surface area contributed by atoms with Crippen LogP contribution in [0.3, 0.4) is 0 Å². The number of hydrogen-bond acceptors (Lipinski definition) is 4. The Kier molecular flexibility index (Phi) is 4.93. The van der Waals surface area contributed by atoms with Crippen LogP contribution >= 0.6 is 23.2 Å². The summed E-state index contributed by atoms with van der Waals surface area (Å²) in [5.41, 5.74) is 1.87.